The van der Waals surface area contributed by atoms with E-state index in [2.05, 4.69) is 15.9 Å². The molecule has 0 unspecified atom stereocenters. The van der Waals surface area contributed by atoms with Gasteiger partial charge in [0.1, 0.15) is 0 Å². The zero-order valence-electron chi connectivity index (χ0n) is 5.86. The largest absolute Gasteiger partial charge is 0.398 e. The third-order valence-corrected chi connectivity index (χ3v) is 1.57. The number of anilines is 1. The fraction of sp³-hybridized carbons (Fsp3) is 0. The lowest BCUT2D eigenvalue weighted by atomic mass is 10.3. The summed E-state index contributed by atoms with van der Waals surface area (Å²) in [7, 11) is 0. The minimum absolute atomic E-state index is 0. The minimum Gasteiger partial charge on any atom is -0.398 e. The molecule has 0 atom stereocenters. The first-order valence-corrected chi connectivity index (χ1v) is 3.59. The van der Waals surface area contributed by atoms with Crippen LogP contribution in [-0.2, 0) is 0 Å². The Bertz CT molecular complexity index is 285. The van der Waals surface area contributed by atoms with Crippen LogP contribution in [0.25, 0.3) is 0 Å². The third kappa shape index (κ3) is 2.67. The zero-order chi connectivity index (χ0) is 8.43. The summed E-state index contributed by atoms with van der Waals surface area (Å²) in [5.41, 5.74) is 5.74. The van der Waals surface area contributed by atoms with Crippen LogP contribution in [0.3, 0.4) is 0 Å². The molecule has 0 aliphatic heterocycles. The topological polar surface area (TPSA) is 69.2 Å². The molecule has 1 rings (SSSR count). The monoisotopic (exact) mass is 252 g/mol. The van der Waals surface area contributed by atoms with E-state index in [-0.39, 0.29) is 18.1 Å². The highest BCUT2D eigenvalue weighted by Gasteiger charge is 2.05. The van der Waals surface area contributed by atoms with E-state index < -0.39 is 4.92 Å². The second-order valence-corrected chi connectivity index (χ2v) is 2.92. The molecule has 0 aliphatic rings. The number of hydrogen-bond donors (Lipinski definition) is 1. The summed E-state index contributed by atoms with van der Waals surface area (Å²) in [6, 6.07) is 4.31. The lowest BCUT2D eigenvalue weighted by Crippen LogP contribution is -1.90. The van der Waals surface area contributed by atoms with E-state index in [1.54, 1.807) is 6.07 Å². The Morgan fingerprint density at radius 3 is 2.42 bits per heavy atom. The molecule has 0 fully saturated rings. The number of non-ortho nitro benzene ring substituents is 1. The number of nitrogen functional groups attached to an aromatic ring is 1. The number of halogens is 2. The van der Waals surface area contributed by atoms with E-state index in [1.165, 1.54) is 12.1 Å². The summed E-state index contributed by atoms with van der Waals surface area (Å²) in [5, 5.41) is 10.2. The van der Waals surface area contributed by atoms with Crippen molar-refractivity contribution in [2.75, 3.05) is 5.73 Å². The van der Waals surface area contributed by atoms with Crippen molar-refractivity contribution in [3.63, 3.8) is 0 Å². The molecule has 12 heavy (non-hydrogen) atoms. The molecule has 0 radical (unpaired) electrons. The molecular weight excluding hydrogens is 247 g/mol. The van der Waals surface area contributed by atoms with Crippen molar-refractivity contribution in [1.82, 2.24) is 0 Å². The van der Waals surface area contributed by atoms with Gasteiger partial charge >= 0.3 is 0 Å². The molecule has 0 saturated heterocycles. The fourth-order valence-electron chi connectivity index (χ4n) is 0.702. The van der Waals surface area contributed by atoms with Crippen LogP contribution in [0, 0.1) is 10.1 Å². The van der Waals surface area contributed by atoms with Crippen LogP contribution < -0.4 is 5.73 Å². The van der Waals surface area contributed by atoms with E-state index >= 15 is 0 Å². The van der Waals surface area contributed by atoms with Gasteiger partial charge in [0.25, 0.3) is 5.69 Å². The van der Waals surface area contributed by atoms with Gasteiger partial charge in [-0.1, -0.05) is 15.9 Å². The van der Waals surface area contributed by atoms with Crippen LogP contribution in [0.1, 0.15) is 0 Å². The van der Waals surface area contributed by atoms with Gasteiger partial charge in [-0.25, -0.2) is 0 Å². The highest BCUT2D eigenvalue weighted by molar-refractivity contribution is 9.10. The van der Waals surface area contributed by atoms with E-state index in [1.807, 2.05) is 0 Å². The van der Waals surface area contributed by atoms with Gasteiger partial charge in [0.2, 0.25) is 0 Å². The maximum atomic E-state index is 10.2. The van der Waals surface area contributed by atoms with Crippen LogP contribution in [0.4, 0.5) is 11.4 Å². The van der Waals surface area contributed by atoms with Gasteiger partial charge in [0.15, 0.2) is 0 Å². The van der Waals surface area contributed by atoms with Gasteiger partial charge in [-0.05, 0) is 6.07 Å². The summed E-state index contributed by atoms with van der Waals surface area (Å²) in [5.74, 6) is 0. The number of rotatable bonds is 1. The maximum absolute atomic E-state index is 10.2. The van der Waals surface area contributed by atoms with Gasteiger partial charge < -0.3 is 5.73 Å². The smallest absolute Gasteiger partial charge is 0.272 e. The third-order valence-electron chi connectivity index (χ3n) is 1.12. The van der Waals surface area contributed by atoms with Crippen molar-refractivity contribution < 1.29 is 4.92 Å². The standard InChI is InChI=1S/C6H5BrN2O2.ClH/c7-4-1-5(8)3-6(2-4)9(10)11;/h1-3H,8H2;1H. The molecule has 0 aromatic heterocycles. The molecule has 0 bridgehead atoms. The predicted molar refractivity (Wildman–Crippen MR) is 52.5 cm³/mol. The summed E-state index contributed by atoms with van der Waals surface area (Å²) in [6.07, 6.45) is 0. The van der Waals surface area contributed by atoms with Gasteiger partial charge in [-0.2, -0.15) is 0 Å². The number of benzene rings is 1. The Labute approximate surface area is 83.4 Å². The molecular formula is C6H6BrClN2O2. The highest BCUT2D eigenvalue weighted by atomic mass is 79.9. The van der Waals surface area contributed by atoms with Crippen molar-refractivity contribution in [2.24, 2.45) is 0 Å². The van der Waals surface area contributed by atoms with E-state index in [0.717, 1.165) is 0 Å². The van der Waals surface area contributed by atoms with E-state index in [0.29, 0.717) is 10.2 Å². The molecule has 1 aromatic rings. The summed E-state index contributed by atoms with van der Waals surface area (Å²) in [6.45, 7) is 0. The Balaban J connectivity index is 0.00000121. The fourth-order valence-corrected chi connectivity index (χ4v) is 1.20. The second-order valence-electron chi connectivity index (χ2n) is 2.00. The van der Waals surface area contributed by atoms with Crippen molar-refractivity contribution in [3.05, 3.63) is 32.8 Å². The summed E-state index contributed by atoms with van der Waals surface area (Å²) < 4.78 is 0.615. The van der Waals surface area contributed by atoms with E-state index in [9.17, 15) is 10.1 Å². The number of hydrogen-bond acceptors (Lipinski definition) is 3. The summed E-state index contributed by atoms with van der Waals surface area (Å²) >= 11 is 3.10. The van der Waals surface area contributed by atoms with Crippen LogP contribution in [-0.4, -0.2) is 4.92 Å². The average Bonchev–Trinajstić information content (AvgIpc) is 1.85. The molecule has 0 spiro atoms. The number of nitro groups is 1. The van der Waals surface area contributed by atoms with Gasteiger partial charge in [0.05, 0.1) is 4.92 Å². The minimum atomic E-state index is -0.485. The molecule has 6 heteroatoms. The quantitative estimate of drug-likeness (QED) is 0.474. The first-order chi connectivity index (χ1) is 5.09. The van der Waals surface area contributed by atoms with Gasteiger partial charge in [-0.15, -0.1) is 12.4 Å². The first-order valence-electron chi connectivity index (χ1n) is 2.80. The second kappa shape index (κ2) is 4.27. The predicted octanol–water partition coefficient (Wildman–Crippen LogP) is 2.36. The molecule has 0 saturated carbocycles. The Morgan fingerprint density at radius 1 is 1.42 bits per heavy atom. The lowest BCUT2D eigenvalue weighted by Gasteiger charge is -1.94. The highest BCUT2D eigenvalue weighted by Crippen LogP contribution is 2.22. The first kappa shape index (κ1) is 11.2. The van der Waals surface area contributed by atoms with Crippen molar-refractivity contribution >= 4 is 39.7 Å². The molecule has 1 aromatic carbocycles. The average molecular weight is 253 g/mol. The Kier molecular flexibility index (Phi) is 3.99. The van der Waals surface area contributed by atoms with Gasteiger partial charge in [-0.3, -0.25) is 10.1 Å². The van der Waals surface area contributed by atoms with Crippen molar-refractivity contribution in [3.8, 4) is 0 Å². The number of nitrogens with two attached hydrogens (primary N) is 1. The SMILES string of the molecule is Cl.Nc1cc(Br)cc([N+](=O)[O-])c1. The maximum Gasteiger partial charge on any atom is 0.272 e. The molecule has 2 N–H and O–H groups in total. The van der Waals surface area contributed by atoms with Crippen molar-refractivity contribution in [2.45, 2.75) is 0 Å². The summed E-state index contributed by atoms with van der Waals surface area (Å²) in [4.78, 5) is 9.75. The van der Waals surface area contributed by atoms with Crippen LogP contribution in [0.15, 0.2) is 22.7 Å². The molecule has 0 aliphatic carbocycles. The van der Waals surface area contributed by atoms with Gasteiger partial charge in [0, 0.05) is 22.3 Å². The molecule has 66 valence electrons. The lowest BCUT2D eigenvalue weighted by molar-refractivity contribution is -0.384. The molecule has 0 heterocycles. The van der Waals surface area contributed by atoms with E-state index in [4.69, 9.17) is 5.73 Å². The zero-order valence-corrected chi connectivity index (χ0v) is 8.26. The Hall–Kier alpha value is -0.810. The number of nitrogens with zero attached hydrogens (tertiary/aromatic N) is 1. The molecule has 0 amide bonds. The molecule has 4 nitrogen and oxygen atoms in total. The Morgan fingerprint density at radius 2 is 2.00 bits per heavy atom. The normalized spacial score (nSPS) is 8.75. The van der Waals surface area contributed by atoms with Crippen LogP contribution in [0.5, 0.6) is 0 Å². The van der Waals surface area contributed by atoms with Crippen LogP contribution in [0.2, 0.25) is 0 Å². The van der Waals surface area contributed by atoms with Crippen molar-refractivity contribution in [1.29, 1.82) is 0 Å². The number of nitro benzene ring substituents is 1. The van der Waals surface area contributed by atoms with Crippen LogP contribution >= 0.6 is 28.3 Å².